The van der Waals surface area contributed by atoms with E-state index in [-0.39, 0.29) is 36.5 Å². The van der Waals surface area contributed by atoms with E-state index in [1.807, 2.05) is 13.8 Å². The van der Waals surface area contributed by atoms with Gasteiger partial charge in [-0.05, 0) is 64.1 Å². The first-order valence-corrected chi connectivity index (χ1v) is 13.3. The molecule has 0 saturated carbocycles. The van der Waals surface area contributed by atoms with Gasteiger partial charge in [0.1, 0.15) is 54.7 Å². The zero-order valence-corrected chi connectivity index (χ0v) is 24.0. The summed E-state index contributed by atoms with van der Waals surface area (Å²) in [5, 5.41) is 29.7. The maximum atomic E-state index is 13.6. The summed E-state index contributed by atoms with van der Waals surface area (Å²) in [6, 6.07) is 7.95. The van der Waals surface area contributed by atoms with Gasteiger partial charge < -0.3 is 44.4 Å². The van der Waals surface area contributed by atoms with Crippen LogP contribution in [0.1, 0.15) is 51.0 Å². The number of ether oxygens (including phenoxy) is 6. The summed E-state index contributed by atoms with van der Waals surface area (Å²) in [6.45, 7) is 7.75. The van der Waals surface area contributed by atoms with Crippen molar-refractivity contribution in [1.29, 1.82) is 0 Å². The first-order valence-electron chi connectivity index (χ1n) is 13.3. The minimum atomic E-state index is -1.52. The van der Waals surface area contributed by atoms with Gasteiger partial charge in [0, 0.05) is 22.6 Å². The van der Waals surface area contributed by atoms with E-state index in [1.165, 1.54) is 30.3 Å². The van der Waals surface area contributed by atoms with E-state index in [0.717, 1.165) is 6.07 Å². The van der Waals surface area contributed by atoms with Crippen LogP contribution in [0.25, 0.3) is 0 Å². The molecule has 2 aliphatic heterocycles. The van der Waals surface area contributed by atoms with Gasteiger partial charge in [0.2, 0.25) is 6.54 Å². The van der Waals surface area contributed by atoms with Gasteiger partial charge in [0.15, 0.2) is 11.6 Å². The highest BCUT2D eigenvalue weighted by Crippen LogP contribution is 2.27. The van der Waals surface area contributed by atoms with Crippen molar-refractivity contribution in [2.24, 2.45) is 5.73 Å². The molecule has 42 heavy (non-hydrogen) atoms. The summed E-state index contributed by atoms with van der Waals surface area (Å²) in [7, 11) is 0. The van der Waals surface area contributed by atoms with Gasteiger partial charge in [-0.3, -0.25) is 10.1 Å². The van der Waals surface area contributed by atoms with Crippen LogP contribution in [0.5, 0.6) is 11.5 Å². The molecule has 0 unspecified atom stereocenters. The zero-order chi connectivity index (χ0) is 31.1. The fourth-order valence-corrected chi connectivity index (χ4v) is 4.17. The number of hydrogen-bond acceptors (Lipinski definition) is 11. The smallest absolute Gasteiger partial charge is 0.233 e. The predicted octanol–water partition coefficient (Wildman–Crippen LogP) is 3.01. The first kappa shape index (κ1) is 33.5. The normalized spacial score (nSPS) is 22.1. The Labute approximate surface area is 242 Å². The maximum absolute atomic E-state index is 13.6. The summed E-state index contributed by atoms with van der Waals surface area (Å²) in [6.07, 6.45) is -2.99. The number of halogens is 2. The van der Waals surface area contributed by atoms with Crippen LogP contribution < -0.4 is 15.2 Å². The molecule has 2 aliphatic rings. The van der Waals surface area contributed by atoms with Crippen LogP contribution in [0, 0.1) is 21.7 Å². The number of aliphatic hydroxyl groups is 2. The molecule has 4 atom stereocenters. The van der Waals surface area contributed by atoms with Gasteiger partial charge in [-0.2, -0.15) is 0 Å². The average molecular weight is 601 g/mol. The second-order valence-corrected chi connectivity index (χ2v) is 10.7. The van der Waals surface area contributed by atoms with E-state index in [2.05, 4.69) is 0 Å². The van der Waals surface area contributed by atoms with Crippen molar-refractivity contribution in [3.05, 3.63) is 69.3 Å². The van der Waals surface area contributed by atoms with Gasteiger partial charge >= 0.3 is 0 Å². The Morgan fingerprint density at radius 2 is 1.33 bits per heavy atom. The van der Waals surface area contributed by atoms with E-state index in [9.17, 15) is 29.1 Å². The monoisotopic (exact) mass is 600 g/mol. The molecule has 4 N–H and O–H groups in total. The number of nitrogens with zero attached hydrogens (tertiary/aromatic N) is 1. The lowest BCUT2D eigenvalue weighted by molar-refractivity contribution is -0.491. The van der Waals surface area contributed by atoms with Crippen LogP contribution >= 0.6 is 0 Å². The van der Waals surface area contributed by atoms with Crippen LogP contribution in [0.2, 0.25) is 0 Å². The SMILES string of the molecule is CC1(C)OC[C@H](COc2ccc(F)c([C@H](O)CN)c2)O1.CC1(C)OC[C@H](COc2ccc(F)c([C@H](O)C[N+](=O)[O-])c2)O1. The molecule has 0 radical (unpaired) electrons. The van der Waals surface area contributed by atoms with Crippen LogP contribution in [0.3, 0.4) is 0 Å². The summed E-state index contributed by atoms with van der Waals surface area (Å²) < 4.78 is 60.2. The molecule has 0 aromatic heterocycles. The van der Waals surface area contributed by atoms with Crippen molar-refractivity contribution in [2.75, 3.05) is 39.5 Å². The molecule has 2 aromatic carbocycles. The molecule has 2 saturated heterocycles. The molecule has 0 spiro atoms. The number of benzene rings is 2. The van der Waals surface area contributed by atoms with Crippen molar-refractivity contribution in [3.63, 3.8) is 0 Å². The third kappa shape index (κ3) is 10.1. The Hall–Kier alpha value is -2.98. The molecule has 2 heterocycles. The number of hydrogen-bond donors (Lipinski definition) is 3. The second kappa shape index (κ2) is 14.5. The van der Waals surface area contributed by atoms with E-state index in [1.54, 1.807) is 13.8 Å². The second-order valence-electron chi connectivity index (χ2n) is 10.7. The average Bonchev–Trinajstić information content (AvgIpc) is 3.46. The number of nitrogens with two attached hydrogens (primary N) is 1. The highest BCUT2D eigenvalue weighted by atomic mass is 19.1. The summed E-state index contributed by atoms with van der Waals surface area (Å²) >= 11 is 0. The van der Waals surface area contributed by atoms with Crippen molar-refractivity contribution in [3.8, 4) is 11.5 Å². The highest BCUT2D eigenvalue weighted by molar-refractivity contribution is 5.32. The lowest BCUT2D eigenvalue weighted by Gasteiger charge is -2.17. The zero-order valence-electron chi connectivity index (χ0n) is 24.0. The fourth-order valence-electron chi connectivity index (χ4n) is 4.17. The third-order valence-electron chi connectivity index (χ3n) is 6.20. The minimum Gasteiger partial charge on any atom is -0.491 e. The van der Waals surface area contributed by atoms with Gasteiger partial charge in [-0.15, -0.1) is 0 Å². The van der Waals surface area contributed by atoms with E-state index < -0.39 is 46.9 Å². The number of nitro groups is 1. The molecule has 2 aromatic rings. The summed E-state index contributed by atoms with van der Waals surface area (Å²) in [5.74, 6) is -1.73. The number of rotatable bonds is 11. The van der Waals surface area contributed by atoms with Gasteiger partial charge in [-0.25, -0.2) is 8.78 Å². The molecule has 2 fully saturated rings. The Balaban J connectivity index is 0.000000231. The van der Waals surface area contributed by atoms with Crippen molar-refractivity contribution >= 4 is 0 Å². The number of aliphatic hydroxyl groups excluding tert-OH is 2. The molecule has 234 valence electrons. The third-order valence-corrected chi connectivity index (χ3v) is 6.20. The largest absolute Gasteiger partial charge is 0.491 e. The van der Waals surface area contributed by atoms with Gasteiger partial charge in [-0.1, -0.05) is 0 Å². The molecule has 0 aliphatic carbocycles. The Kier molecular flexibility index (Phi) is 11.5. The lowest BCUT2D eigenvalue weighted by Crippen LogP contribution is -2.25. The molecule has 0 amide bonds. The molecule has 14 heteroatoms. The van der Waals surface area contributed by atoms with Crippen molar-refractivity contribution < 1.29 is 52.3 Å². The van der Waals surface area contributed by atoms with Crippen molar-refractivity contribution in [2.45, 2.75) is 63.7 Å². The standard InChI is InChI=1S/C14H18FNO6.C14H20FNO4/c1-14(2)21-8-10(22-14)7-20-9-3-4-12(15)11(5-9)13(17)6-16(18)19;1-14(2)19-8-10(20-14)7-18-9-3-4-12(15)11(5-9)13(17)6-16/h3-5,10,13,17H,6-8H2,1-2H3;3-5,10,13,17H,6-8,16H2,1-2H3/t2*10-,13+/m00/s1. The lowest BCUT2D eigenvalue weighted by atomic mass is 10.1. The summed E-state index contributed by atoms with van der Waals surface area (Å²) in [5.41, 5.74) is 5.30. The van der Waals surface area contributed by atoms with E-state index in [4.69, 9.17) is 34.2 Å². The molecule has 12 nitrogen and oxygen atoms in total. The van der Waals surface area contributed by atoms with Crippen LogP contribution in [0.4, 0.5) is 8.78 Å². The Morgan fingerprint density at radius 1 is 0.905 bits per heavy atom. The topological polar surface area (TPSA) is 165 Å². The highest BCUT2D eigenvalue weighted by Gasteiger charge is 2.34. The Bertz CT molecular complexity index is 1200. The summed E-state index contributed by atoms with van der Waals surface area (Å²) in [4.78, 5) is 9.70. The quantitative estimate of drug-likeness (QED) is 0.256. The molecule has 0 bridgehead atoms. The van der Waals surface area contributed by atoms with Crippen LogP contribution in [-0.4, -0.2) is 78.4 Å². The molecular formula is C28H38F2N2O10. The molecular weight excluding hydrogens is 562 g/mol. The first-order chi connectivity index (χ1) is 19.7. The van der Waals surface area contributed by atoms with Gasteiger partial charge in [0.05, 0.1) is 19.3 Å². The fraction of sp³-hybridized carbons (Fsp3) is 0.571. The predicted molar refractivity (Wildman–Crippen MR) is 144 cm³/mol. The van der Waals surface area contributed by atoms with E-state index >= 15 is 0 Å². The van der Waals surface area contributed by atoms with E-state index in [0.29, 0.717) is 31.3 Å². The molecule has 4 rings (SSSR count). The van der Waals surface area contributed by atoms with Gasteiger partial charge in [0.25, 0.3) is 0 Å². The van der Waals surface area contributed by atoms with Crippen molar-refractivity contribution in [1.82, 2.24) is 0 Å². The van der Waals surface area contributed by atoms with Crippen LogP contribution in [0.15, 0.2) is 36.4 Å². The van der Waals surface area contributed by atoms with Crippen LogP contribution in [-0.2, 0) is 18.9 Å². The minimum absolute atomic E-state index is 0.0475. The Morgan fingerprint density at radius 3 is 1.69 bits per heavy atom. The maximum Gasteiger partial charge on any atom is 0.233 e.